The lowest BCUT2D eigenvalue weighted by atomic mass is 10.0. The van der Waals surface area contributed by atoms with E-state index in [1.54, 1.807) is 30.5 Å². The SMILES string of the molecule is Cc1cc2nccc(Oc3ccc(NC(=O)C4(C(=O)Nc5ccc(F)cc5)CC4)cc3)c2cc1C. The van der Waals surface area contributed by atoms with Crippen LogP contribution in [0.5, 0.6) is 11.5 Å². The first-order valence-corrected chi connectivity index (χ1v) is 11.4. The lowest BCUT2D eigenvalue weighted by molar-refractivity contribution is -0.131. The Morgan fingerprint density at radius 2 is 1.43 bits per heavy atom. The predicted molar refractivity (Wildman–Crippen MR) is 133 cm³/mol. The van der Waals surface area contributed by atoms with Crippen molar-refractivity contribution >= 4 is 34.1 Å². The van der Waals surface area contributed by atoms with Crippen LogP contribution in [0, 0.1) is 25.1 Å². The second-order valence-corrected chi connectivity index (χ2v) is 8.89. The van der Waals surface area contributed by atoms with Crippen LogP contribution < -0.4 is 15.4 Å². The summed E-state index contributed by atoms with van der Waals surface area (Å²) < 4.78 is 19.2. The van der Waals surface area contributed by atoms with Crippen molar-refractivity contribution in [2.24, 2.45) is 5.41 Å². The van der Waals surface area contributed by atoms with Gasteiger partial charge >= 0.3 is 0 Å². The number of halogens is 1. The van der Waals surface area contributed by atoms with Crippen LogP contribution >= 0.6 is 0 Å². The maximum Gasteiger partial charge on any atom is 0.240 e. The number of hydrogen-bond donors (Lipinski definition) is 2. The number of nitrogens with one attached hydrogen (secondary N) is 2. The molecule has 2 N–H and O–H groups in total. The quantitative estimate of drug-likeness (QED) is 0.333. The first-order chi connectivity index (χ1) is 16.8. The van der Waals surface area contributed by atoms with Crippen LogP contribution in [0.4, 0.5) is 15.8 Å². The first kappa shape index (κ1) is 22.5. The van der Waals surface area contributed by atoms with Gasteiger partial charge in [0.2, 0.25) is 11.8 Å². The van der Waals surface area contributed by atoms with E-state index in [1.165, 1.54) is 29.8 Å². The average molecular weight is 470 g/mol. The third-order valence-corrected chi connectivity index (χ3v) is 6.38. The van der Waals surface area contributed by atoms with Crippen molar-refractivity contribution in [3.8, 4) is 11.5 Å². The van der Waals surface area contributed by atoms with Crippen LogP contribution in [0.25, 0.3) is 10.9 Å². The predicted octanol–water partition coefficient (Wildman–Crippen LogP) is 6.14. The summed E-state index contributed by atoms with van der Waals surface area (Å²) in [4.78, 5) is 30.1. The molecule has 35 heavy (non-hydrogen) atoms. The van der Waals surface area contributed by atoms with Gasteiger partial charge in [-0.05, 0) is 105 Å². The summed E-state index contributed by atoms with van der Waals surface area (Å²) in [5.74, 6) is 0.165. The molecule has 0 unspecified atom stereocenters. The molecule has 2 amide bonds. The summed E-state index contributed by atoms with van der Waals surface area (Å²) in [7, 11) is 0. The minimum atomic E-state index is -1.12. The van der Waals surface area contributed by atoms with Gasteiger partial charge in [-0.1, -0.05) is 0 Å². The highest BCUT2D eigenvalue weighted by molar-refractivity contribution is 6.16. The van der Waals surface area contributed by atoms with E-state index in [4.69, 9.17) is 4.74 Å². The monoisotopic (exact) mass is 469 g/mol. The number of carbonyl (C=O) groups is 2. The summed E-state index contributed by atoms with van der Waals surface area (Å²) >= 11 is 0. The fourth-order valence-electron chi connectivity index (χ4n) is 3.92. The molecule has 5 rings (SSSR count). The Labute approximate surface area is 202 Å². The summed E-state index contributed by atoms with van der Waals surface area (Å²) in [6.07, 6.45) is 2.63. The highest BCUT2D eigenvalue weighted by Crippen LogP contribution is 2.47. The third-order valence-electron chi connectivity index (χ3n) is 6.38. The number of carbonyl (C=O) groups excluding carboxylic acids is 2. The van der Waals surface area contributed by atoms with E-state index >= 15 is 0 Å². The van der Waals surface area contributed by atoms with Crippen molar-refractivity contribution in [2.45, 2.75) is 26.7 Å². The van der Waals surface area contributed by atoms with Crippen LogP contribution in [-0.4, -0.2) is 16.8 Å². The minimum Gasteiger partial charge on any atom is -0.457 e. The Hall–Kier alpha value is -4.26. The summed E-state index contributed by atoms with van der Waals surface area (Å²) in [6, 6.07) is 18.4. The number of rotatable bonds is 6. The Bertz CT molecular complexity index is 1430. The van der Waals surface area contributed by atoms with Crippen LogP contribution in [0.3, 0.4) is 0 Å². The summed E-state index contributed by atoms with van der Waals surface area (Å²) in [6.45, 7) is 4.10. The number of amides is 2. The zero-order chi connectivity index (χ0) is 24.6. The molecule has 1 saturated carbocycles. The molecule has 0 spiro atoms. The van der Waals surface area contributed by atoms with Gasteiger partial charge in [0.15, 0.2) is 0 Å². The van der Waals surface area contributed by atoms with Crippen LogP contribution in [0.1, 0.15) is 24.0 Å². The van der Waals surface area contributed by atoms with Crippen LogP contribution in [-0.2, 0) is 9.59 Å². The number of ether oxygens (including phenoxy) is 1. The maximum atomic E-state index is 13.1. The molecule has 0 aliphatic heterocycles. The van der Waals surface area contributed by atoms with Gasteiger partial charge in [-0.15, -0.1) is 0 Å². The molecule has 0 atom stereocenters. The molecule has 0 radical (unpaired) electrons. The van der Waals surface area contributed by atoms with E-state index < -0.39 is 17.1 Å². The second kappa shape index (κ2) is 8.83. The average Bonchev–Trinajstić information content (AvgIpc) is 3.65. The Morgan fingerprint density at radius 3 is 2.03 bits per heavy atom. The molecule has 1 heterocycles. The largest absolute Gasteiger partial charge is 0.457 e. The fraction of sp³-hybridized carbons (Fsp3) is 0.179. The smallest absolute Gasteiger partial charge is 0.240 e. The number of hydrogen-bond acceptors (Lipinski definition) is 4. The third kappa shape index (κ3) is 4.57. The molecule has 0 saturated heterocycles. The zero-order valence-corrected chi connectivity index (χ0v) is 19.4. The van der Waals surface area contributed by atoms with E-state index in [9.17, 15) is 14.0 Å². The van der Waals surface area contributed by atoms with Gasteiger partial charge in [0.05, 0.1) is 5.52 Å². The van der Waals surface area contributed by atoms with Gasteiger partial charge in [-0.3, -0.25) is 14.6 Å². The van der Waals surface area contributed by atoms with E-state index in [2.05, 4.69) is 35.5 Å². The second-order valence-electron chi connectivity index (χ2n) is 8.89. The van der Waals surface area contributed by atoms with Crippen LogP contribution in [0.2, 0.25) is 0 Å². The summed E-state index contributed by atoms with van der Waals surface area (Å²) in [5.41, 5.74) is 3.09. The molecule has 1 aromatic heterocycles. The zero-order valence-electron chi connectivity index (χ0n) is 19.4. The van der Waals surface area contributed by atoms with Crippen molar-refractivity contribution in [2.75, 3.05) is 10.6 Å². The molecular weight excluding hydrogens is 445 g/mol. The topological polar surface area (TPSA) is 80.3 Å². The number of benzene rings is 3. The van der Waals surface area contributed by atoms with Crippen molar-refractivity contribution in [3.63, 3.8) is 0 Å². The minimum absolute atomic E-state index is 0.364. The number of aromatic nitrogens is 1. The van der Waals surface area contributed by atoms with Crippen molar-refractivity contribution in [3.05, 3.63) is 89.9 Å². The van der Waals surface area contributed by atoms with Gasteiger partial charge in [0.1, 0.15) is 22.7 Å². The highest BCUT2D eigenvalue weighted by Gasteiger charge is 2.56. The Morgan fingerprint density at radius 1 is 0.857 bits per heavy atom. The molecule has 4 aromatic rings. The summed E-state index contributed by atoms with van der Waals surface area (Å²) in [5, 5.41) is 6.46. The number of pyridine rings is 1. The molecule has 6 nitrogen and oxygen atoms in total. The van der Waals surface area contributed by atoms with Crippen molar-refractivity contribution in [1.82, 2.24) is 4.98 Å². The molecule has 1 fully saturated rings. The number of aryl methyl sites for hydroxylation is 2. The van der Waals surface area contributed by atoms with Gasteiger partial charge < -0.3 is 15.4 Å². The van der Waals surface area contributed by atoms with Gasteiger partial charge in [0, 0.05) is 23.0 Å². The number of anilines is 2. The first-order valence-electron chi connectivity index (χ1n) is 11.4. The lowest BCUT2D eigenvalue weighted by Crippen LogP contribution is -2.35. The normalized spacial score (nSPS) is 13.8. The Kier molecular flexibility index (Phi) is 5.68. The van der Waals surface area contributed by atoms with Crippen LogP contribution in [0.15, 0.2) is 72.9 Å². The van der Waals surface area contributed by atoms with Crippen molar-refractivity contribution in [1.29, 1.82) is 0 Å². The Balaban J connectivity index is 1.26. The molecule has 3 aromatic carbocycles. The number of fused-ring (bicyclic) bond motifs is 1. The fourth-order valence-corrected chi connectivity index (χ4v) is 3.92. The van der Waals surface area contributed by atoms with E-state index in [-0.39, 0.29) is 5.91 Å². The lowest BCUT2D eigenvalue weighted by Gasteiger charge is -2.16. The number of nitrogens with zero attached hydrogens (tertiary/aromatic N) is 1. The van der Waals surface area contributed by atoms with Gasteiger partial charge in [-0.25, -0.2) is 4.39 Å². The van der Waals surface area contributed by atoms with E-state index in [1.807, 2.05) is 12.1 Å². The molecule has 1 aliphatic carbocycles. The standard InChI is InChI=1S/C28H24FN3O3/c1-17-15-23-24(16-18(17)2)30-14-11-25(23)35-22-9-7-21(8-10-22)32-27(34)28(12-13-28)26(33)31-20-5-3-19(29)4-6-20/h3-11,14-16H,12-13H2,1-2H3,(H,31,33)(H,32,34). The molecule has 1 aliphatic rings. The maximum absolute atomic E-state index is 13.1. The molecule has 176 valence electrons. The molecule has 0 bridgehead atoms. The van der Waals surface area contributed by atoms with Gasteiger partial charge in [-0.2, -0.15) is 0 Å². The molecule has 7 heteroatoms. The van der Waals surface area contributed by atoms with E-state index in [0.717, 1.165) is 16.5 Å². The van der Waals surface area contributed by atoms with Crippen molar-refractivity contribution < 1.29 is 18.7 Å². The highest BCUT2D eigenvalue weighted by atomic mass is 19.1. The molecular formula is C28H24FN3O3. The van der Waals surface area contributed by atoms with E-state index in [0.29, 0.717) is 35.7 Å². The van der Waals surface area contributed by atoms with Gasteiger partial charge in [0.25, 0.3) is 0 Å².